The van der Waals surface area contributed by atoms with Gasteiger partial charge in [0.1, 0.15) is 17.6 Å². The molecule has 29 heavy (non-hydrogen) atoms. The first kappa shape index (κ1) is 20.6. The van der Waals surface area contributed by atoms with Crippen molar-refractivity contribution in [1.29, 1.82) is 0 Å². The van der Waals surface area contributed by atoms with Crippen LogP contribution in [0.15, 0.2) is 65.7 Å². The van der Waals surface area contributed by atoms with Crippen molar-refractivity contribution in [1.82, 2.24) is 10.6 Å². The summed E-state index contributed by atoms with van der Waals surface area (Å²) in [6, 6.07) is 16.3. The van der Waals surface area contributed by atoms with E-state index in [0.717, 1.165) is 30.5 Å². The fourth-order valence-electron chi connectivity index (χ4n) is 3.11. The van der Waals surface area contributed by atoms with Gasteiger partial charge in [0.05, 0.1) is 13.7 Å². The van der Waals surface area contributed by atoms with Crippen LogP contribution in [0, 0.1) is 0 Å². The molecular formula is C23H30N4O2. The van der Waals surface area contributed by atoms with Gasteiger partial charge in [-0.15, -0.1) is 0 Å². The second kappa shape index (κ2) is 10.4. The van der Waals surface area contributed by atoms with Crippen LogP contribution < -0.4 is 25.0 Å². The Morgan fingerprint density at radius 1 is 1.07 bits per heavy atom. The third-order valence-electron chi connectivity index (χ3n) is 4.74. The predicted octanol–water partition coefficient (Wildman–Crippen LogP) is 3.20. The van der Waals surface area contributed by atoms with Crippen molar-refractivity contribution in [3.63, 3.8) is 0 Å². The van der Waals surface area contributed by atoms with E-state index in [0.29, 0.717) is 13.1 Å². The summed E-state index contributed by atoms with van der Waals surface area (Å²) in [4.78, 5) is 6.63. The molecule has 154 valence electrons. The van der Waals surface area contributed by atoms with E-state index in [1.54, 1.807) is 14.2 Å². The molecule has 0 aliphatic carbocycles. The molecule has 0 saturated carbocycles. The SMILES string of the molecule is CN=C(NCc1ccc(N2CC=CC2)cc1)NCC(C)Oc1cccc(OC)c1. The summed E-state index contributed by atoms with van der Waals surface area (Å²) in [6.45, 7) is 5.35. The Hall–Kier alpha value is -3.15. The highest BCUT2D eigenvalue weighted by Gasteiger charge is 2.08. The van der Waals surface area contributed by atoms with Gasteiger partial charge in [0, 0.05) is 38.4 Å². The maximum Gasteiger partial charge on any atom is 0.191 e. The molecule has 2 aromatic carbocycles. The normalized spacial score (nSPS) is 14.6. The first-order valence-corrected chi connectivity index (χ1v) is 9.92. The molecule has 3 rings (SSSR count). The van der Waals surface area contributed by atoms with Crippen molar-refractivity contribution >= 4 is 11.6 Å². The van der Waals surface area contributed by atoms with E-state index in [1.807, 2.05) is 31.2 Å². The zero-order valence-corrected chi connectivity index (χ0v) is 17.4. The van der Waals surface area contributed by atoms with Gasteiger partial charge in [0.2, 0.25) is 0 Å². The molecule has 6 heteroatoms. The number of nitrogens with one attached hydrogen (secondary N) is 2. The van der Waals surface area contributed by atoms with E-state index in [4.69, 9.17) is 9.47 Å². The average molecular weight is 395 g/mol. The minimum atomic E-state index is -0.0194. The lowest BCUT2D eigenvalue weighted by atomic mass is 10.2. The van der Waals surface area contributed by atoms with Gasteiger partial charge in [-0.05, 0) is 36.8 Å². The average Bonchev–Trinajstić information content (AvgIpc) is 3.29. The first-order valence-electron chi connectivity index (χ1n) is 9.92. The molecule has 6 nitrogen and oxygen atoms in total. The Labute approximate surface area is 173 Å². The minimum Gasteiger partial charge on any atom is -0.497 e. The van der Waals surface area contributed by atoms with Crippen LogP contribution in [-0.2, 0) is 6.54 Å². The van der Waals surface area contributed by atoms with Crippen molar-refractivity contribution in [2.24, 2.45) is 4.99 Å². The smallest absolute Gasteiger partial charge is 0.191 e. The lowest BCUT2D eigenvalue weighted by molar-refractivity contribution is 0.223. The molecule has 0 spiro atoms. The van der Waals surface area contributed by atoms with Gasteiger partial charge in [-0.3, -0.25) is 4.99 Å². The van der Waals surface area contributed by atoms with Gasteiger partial charge in [-0.2, -0.15) is 0 Å². The second-order valence-corrected chi connectivity index (χ2v) is 6.96. The van der Waals surface area contributed by atoms with Gasteiger partial charge in [-0.25, -0.2) is 0 Å². The maximum absolute atomic E-state index is 5.94. The van der Waals surface area contributed by atoms with E-state index >= 15 is 0 Å². The molecule has 0 bridgehead atoms. The summed E-state index contributed by atoms with van der Waals surface area (Å²) in [6.07, 6.45) is 4.38. The van der Waals surface area contributed by atoms with Crippen LogP contribution in [0.4, 0.5) is 5.69 Å². The Morgan fingerprint density at radius 3 is 2.48 bits per heavy atom. The molecule has 0 fully saturated rings. The number of benzene rings is 2. The van der Waals surface area contributed by atoms with Crippen LogP contribution in [0.25, 0.3) is 0 Å². The van der Waals surface area contributed by atoms with E-state index in [1.165, 1.54) is 11.3 Å². The number of aliphatic imine (C=N–C) groups is 1. The van der Waals surface area contributed by atoms with Crippen molar-refractivity contribution in [2.75, 3.05) is 38.7 Å². The maximum atomic E-state index is 5.94. The Bertz CT molecular complexity index is 825. The fraction of sp³-hybridized carbons (Fsp3) is 0.348. The van der Waals surface area contributed by atoms with Crippen LogP contribution in [0.1, 0.15) is 12.5 Å². The Kier molecular flexibility index (Phi) is 7.39. The molecule has 1 heterocycles. The van der Waals surface area contributed by atoms with Gasteiger partial charge >= 0.3 is 0 Å². The summed E-state index contributed by atoms with van der Waals surface area (Å²) < 4.78 is 11.2. The topological polar surface area (TPSA) is 58.1 Å². The van der Waals surface area contributed by atoms with Crippen LogP contribution in [0.5, 0.6) is 11.5 Å². The highest BCUT2D eigenvalue weighted by Crippen LogP contribution is 2.20. The molecular weight excluding hydrogens is 364 g/mol. The summed E-state index contributed by atoms with van der Waals surface area (Å²) in [5.41, 5.74) is 2.47. The summed E-state index contributed by atoms with van der Waals surface area (Å²) in [7, 11) is 3.42. The minimum absolute atomic E-state index is 0.0194. The molecule has 2 N–H and O–H groups in total. The largest absolute Gasteiger partial charge is 0.497 e. The van der Waals surface area contributed by atoms with Gasteiger partial charge in [-0.1, -0.05) is 30.4 Å². The van der Waals surface area contributed by atoms with Gasteiger partial charge in [0.25, 0.3) is 0 Å². The molecule has 2 aromatic rings. The summed E-state index contributed by atoms with van der Waals surface area (Å²) in [5.74, 6) is 2.32. The first-order chi connectivity index (χ1) is 14.2. The lowest BCUT2D eigenvalue weighted by Crippen LogP contribution is -2.41. The highest BCUT2D eigenvalue weighted by atomic mass is 16.5. The number of rotatable bonds is 8. The highest BCUT2D eigenvalue weighted by molar-refractivity contribution is 5.79. The molecule has 0 amide bonds. The zero-order chi connectivity index (χ0) is 20.5. The predicted molar refractivity (Wildman–Crippen MR) is 119 cm³/mol. The zero-order valence-electron chi connectivity index (χ0n) is 17.4. The van der Waals surface area contributed by atoms with E-state index < -0.39 is 0 Å². The van der Waals surface area contributed by atoms with Crippen molar-refractivity contribution in [3.8, 4) is 11.5 Å². The number of methoxy groups -OCH3 is 1. The van der Waals surface area contributed by atoms with E-state index in [2.05, 4.69) is 56.9 Å². The third-order valence-corrected chi connectivity index (χ3v) is 4.74. The number of ether oxygens (including phenoxy) is 2. The van der Waals surface area contributed by atoms with Gasteiger partial charge < -0.3 is 25.0 Å². The van der Waals surface area contributed by atoms with Gasteiger partial charge in [0.15, 0.2) is 5.96 Å². The molecule has 1 aliphatic heterocycles. The van der Waals surface area contributed by atoms with Crippen molar-refractivity contribution in [2.45, 2.75) is 19.6 Å². The summed E-state index contributed by atoms with van der Waals surface area (Å²) >= 11 is 0. The fourth-order valence-corrected chi connectivity index (χ4v) is 3.11. The number of guanidine groups is 1. The van der Waals surface area contributed by atoms with Crippen molar-refractivity contribution in [3.05, 3.63) is 66.2 Å². The molecule has 1 atom stereocenters. The molecule has 0 aromatic heterocycles. The molecule has 0 saturated heterocycles. The number of hydrogen-bond donors (Lipinski definition) is 2. The van der Waals surface area contributed by atoms with E-state index in [-0.39, 0.29) is 6.10 Å². The summed E-state index contributed by atoms with van der Waals surface area (Å²) in [5, 5.41) is 6.66. The van der Waals surface area contributed by atoms with E-state index in [9.17, 15) is 0 Å². The second-order valence-electron chi connectivity index (χ2n) is 6.96. The van der Waals surface area contributed by atoms with Crippen LogP contribution in [-0.4, -0.2) is 45.9 Å². The molecule has 1 aliphatic rings. The Balaban J connectivity index is 1.43. The lowest BCUT2D eigenvalue weighted by Gasteiger charge is -2.19. The number of hydrogen-bond acceptors (Lipinski definition) is 4. The van der Waals surface area contributed by atoms with Crippen molar-refractivity contribution < 1.29 is 9.47 Å². The number of nitrogens with zero attached hydrogens (tertiary/aromatic N) is 2. The standard InChI is InChI=1S/C23H30N4O2/c1-18(29-22-8-6-7-21(15-22)28-3)16-25-23(24-2)26-17-19-9-11-20(12-10-19)27-13-4-5-14-27/h4-12,15,18H,13-14,16-17H2,1-3H3,(H2,24,25,26). The van der Waals surface area contributed by atoms with Crippen LogP contribution in [0.3, 0.4) is 0 Å². The van der Waals surface area contributed by atoms with Crippen LogP contribution >= 0.6 is 0 Å². The monoisotopic (exact) mass is 394 g/mol. The molecule has 0 radical (unpaired) electrons. The van der Waals surface area contributed by atoms with Crippen LogP contribution in [0.2, 0.25) is 0 Å². The number of anilines is 1. The quantitative estimate of drug-likeness (QED) is 0.409. The third kappa shape index (κ3) is 6.17. The molecule has 1 unspecified atom stereocenters. The Morgan fingerprint density at radius 2 is 1.79 bits per heavy atom.